The van der Waals surface area contributed by atoms with E-state index in [1.807, 2.05) is 12.1 Å². The number of aliphatic imine (C=N–C) groups is 1. The van der Waals surface area contributed by atoms with E-state index in [9.17, 15) is 9.59 Å². The summed E-state index contributed by atoms with van der Waals surface area (Å²) in [5.41, 5.74) is 17.6. The summed E-state index contributed by atoms with van der Waals surface area (Å²) in [5, 5.41) is 6.03. The lowest BCUT2D eigenvalue weighted by molar-refractivity contribution is 0.142. The van der Waals surface area contributed by atoms with E-state index in [-0.39, 0.29) is 23.9 Å². The molecule has 9 heteroatoms. The summed E-state index contributed by atoms with van der Waals surface area (Å²) in [5.74, 6) is 0.287. The zero-order valence-electron chi connectivity index (χ0n) is 21.3. The van der Waals surface area contributed by atoms with Crippen LogP contribution in [-0.4, -0.2) is 60.5 Å². The number of benzene rings is 3. The Morgan fingerprint density at radius 3 is 1.84 bits per heavy atom. The van der Waals surface area contributed by atoms with Gasteiger partial charge in [-0.1, -0.05) is 60.7 Å². The Kier molecular flexibility index (Phi) is 7.44. The average Bonchev–Trinajstić information content (AvgIpc) is 3.26. The molecular weight excluding hydrogens is 478 g/mol. The van der Waals surface area contributed by atoms with Crippen LogP contribution in [0.5, 0.6) is 0 Å². The second-order valence-electron chi connectivity index (χ2n) is 9.58. The van der Waals surface area contributed by atoms with Gasteiger partial charge in [0.05, 0.1) is 5.69 Å². The molecule has 1 aliphatic heterocycles. The minimum absolute atomic E-state index is 0.00393. The number of nitrogens with one attached hydrogen (secondary N) is 2. The number of nitrogens with two attached hydrogens (primary N) is 2. The summed E-state index contributed by atoms with van der Waals surface area (Å²) in [7, 11) is 0. The third kappa shape index (κ3) is 5.56. The Bertz CT molecular complexity index is 1280. The second kappa shape index (κ2) is 11.2. The normalized spacial score (nSPS) is 14.4. The zero-order chi connectivity index (χ0) is 26.5. The molecule has 0 bridgehead atoms. The SMILES string of the molecule is NC(N)=Nc1ccc(CNC(=O)N2CCN(C(=O)NCCC3c4ccccc4-c4ccccc43)CC2)cc1. The van der Waals surface area contributed by atoms with Crippen molar-refractivity contribution in [3.05, 3.63) is 89.5 Å². The molecule has 1 aliphatic carbocycles. The summed E-state index contributed by atoms with van der Waals surface area (Å²) >= 11 is 0. The van der Waals surface area contributed by atoms with E-state index in [1.54, 1.807) is 21.9 Å². The molecule has 1 heterocycles. The molecule has 0 atom stereocenters. The van der Waals surface area contributed by atoms with Crippen LogP contribution in [0, 0.1) is 0 Å². The van der Waals surface area contributed by atoms with E-state index in [0.29, 0.717) is 45.0 Å². The van der Waals surface area contributed by atoms with Gasteiger partial charge in [-0.25, -0.2) is 14.6 Å². The number of guanidine groups is 1. The standard InChI is InChI=1S/C29H33N7O2/c30-27(31)34-21-11-9-20(10-12-21)19-33-29(38)36-17-15-35(16-18-36)28(37)32-14-13-26-24-7-3-1-5-22(24)23-6-2-4-8-25(23)26/h1-12,26H,13-19H2,(H,32,37)(H,33,38)(H4,30,31,34). The molecule has 2 aliphatic rings. The van der Waals surface area contributed by atoms with Gasteiger partial charge in [0, 0.05) is 45.2 Å². The molecule has 0 unspecified atom stereocenters. The number of urea groups is 2. The Morgan fingerprint density at radius 2 is 1.29 bits per heavy atom. The van der Waals surface area contributed by atoms with Crippen molar-refractivity contribution in [3.8, 4) is 11.1 Å². The number of amides is 4. The Balaban J connectivity index is 1.06. The van der Waals surface area contributed by atoms with Crippen molar-refractivity contribution in [1.29, 1.82) is 0 Å². The predicted molar refractivity (Wildman–Crippen MR) is 149 cm³/mol. The van der Waals surface area contributed by atoms with Crippen LogP contribution in [0.4, 0.5) is 15.3 Å². The number of carbonyl (C=O) groups is 2. The molecule has 3 aromatic carbocycles. The van der Waals surface area contributed by atoms with Crippen LogP contribution in [-0.2, 0) is 6.54 Å². The molecule has 0 saturated carbocycles. The molecule has 3 aromatic rings. The minimum atomic E-state index is -0.142. The highest BCUT2D eigenvalue weighted by Crippen LogP contribution is 2.45. The highest BCUT2D eigenvalue weighted by Gasteiger charge is 2.28. The number of piperazine rings is 1. The van der Waals surface area contributed by atoms with Crippen molar-refractivity contribution in [2.75, 3.05) is 32.7 Å². The van der Waals surface area contributed by atoms with Crippen LogP contribution in [0.15, 0.2) is 77.8 Å². The van der Waals surface area contributed by atoms with Crippen LogP contribution in [0.2, 0.25) is 0 Å². The zero-order valence-corrected chi connectivity index (χ0v) is 21.3. The van der Waals surface area contributed by atoms with Crippen LogP contribution in [0.3, 0.4) is 0 Å². The maximum absolute atomic E-state index is 12.8. The Hall–Kier alpha value is -4.53. The molecule has 1 saturated heterocycles. The number of hydrogen-bond donors (Lipinski definition) is 4. The average molecular weight is 512 g/mol. The highest BCUT2D eigenvalue weighted by molar-refractivity contribution is 5.80. The van der Waals surface area contributed by atoms with E-state index in [0.717, 1.165) is 12.0 Å². The first kappa shape index (κ1) is 25.1. The molecule has 38 heavy (non-hydrogen) atoms. The minimum Gasteiger partial charge on any atom is -0.370 e. The van der Waals surface area contributed by atoms with Crippen molar-refractivity contribution in [2.45, 2.75) is 18.9 Å². The van der Waals surface area contributed by atoms with Crippen LogP contribution in [0.25, 0.3) is 11.1 Å². The molecule has 0 aromatic heterocycles. The molecule has 196 valence electrons. The maximum Gasteiger partial charge on any atom is 0.317 e. The van der Waals surface area contributed by atoms with Crippen molar-refractivity contribution >= 4 is 23.7 Å². The first-order valence-corrected chi connectivity index (χ1v) is 12.9. The van der Waals surface area contributed by atoms with Gasteiger partial charge in [0.15, 0.2) is 5.96 Å². The van der Waals surface area contributed by atoms with Gasteiger partial charge in [-0.3, -0.25) is 0 Å². The number of carbonyl (C=O) groups excluding carboxylic acids is 2. The van der Waals surface area contributed by atoms with E-state index in [1.165, 1.54) is 22.3 Å². The van der Waals surface area contributed by atoms with Gasteiger partial charge in [0.25, 0.3) is 0 Å². The maximum atomic E-state index is 12.8. The van der Waals surface area contributed by atoms with Crippen LogP contribution in [0.1, 0.15) is 29.0 Å². The summed E-state index contributed by atoms with van der Waals surface area (Å²) in [6, 6.07) is 24.1. The predicted octanol–water partition coefficient (Wildman–Crippen LogP) is 3.33. The molecule has 9 nitrogen and oxygen atoms in total. The Morgan fingerprint density at radius 1 is 0.763 bits per heavy atom. The fraction of sp³-hybridized carbons (Fsp3) is 0.276. The van der Waals surface area contributed by atoms with E-state index >= 15 is 0 Å². The lowest BCUT2D eigenvalue weighted by Crippen LogP contribution is -2.55. The number of hydrogen-bond acceptors (Lipinski definition) is 3. The number of nitrogens with zero attached hydrogens (tertiary/aromatic N) is 3. The van der Waals surface area contributed by atoms with E-state index < -0.39 is 0 Å². The van der Waals surface area contributed by atoms with Crippen molar-refractivity contribution in [1.82, 2.24) is 20.4 Å². The molecule has 0 radical (unpaired) electrons. The van der Waals surface area contributed by atoms with E-state index in [4.69, 9.17) is 11.5 Å². The molecule has 0 spiro atoms. The van der Waals surface area contributed by atoms with Crippen LogP contribution < -0.4 is 22.1 Å². The monoisotopic (exact) mass is 511 g/mol. The van der Waals surface area contributed by atoms with Crippen molar-refractivity contribution < 1.29 is 9.59 Å². The highest BCUT2D eigenvalue weighted by atomic mass is 16.2. The summed E-state index contributed by atoms with van der Waals surface area (Å²) in [4.78, 5) is 32.9. The van der Waals surface area contributed by atoms with Gasteiger partial charge in [0.2, 0.25) is 0 Å². The second-order valence-corrected chi connectivity index (χ2v) is 9.58. The van der Waals surface area contributed by atoms with Gasteiger partial charge >= 0.3 is 12.1 Å². The topological polar surface area (TPSA) is 129 Å². The smallest absolute Gasteiger partial charge is 0.317 e. The number of rotatable bonds is 6. The van der Waals surface area contributed by atoms with Crippen molar-refractivity contribution in [3.63, 3.8) is 0 Å². The third-order valence-electron chi connectivity index (χ3n) is 7.16. The largest absolute Gasteiger partial charge is 0.370 e. The Labute approximate surface area is 222 Å². The first-order valence-electron chi connectivity index (χ1n) is 12.9. The van der Waals surface area contributed by atoms with Crippen LogP contribution >= 0.6 is 0 Å². The van der Waals surface area contributed by atoms with Gasteiger partial charge in [-0.2, -0.15) is 0 Å². The molecule has 4 amide bonds. The van der Waals surface area contributed by atoms with E-state index in [2.05, 4.69) is 64.2 Å². The number of fused-ring (bicyclic) bond motifs is 3. The molecule has 6 N–H and O–H groups in total. The third-order valence-corrected chi connectivity index (χ3v) is 7.16. The fourth-order valence-electron chi connectivity index (χ4n) is 5.25. The van der Waals surface area contributed by atoms with Gasteiger partial charge in [-0.15, -0.1) is 0 Å². The molecule has 1 fully saturated rings. The fourth-order valence-corrected chi connectivity index (χ4v) is 5.25. The molecular formula is C29H33N7O2. The summed E-state index contributed by atoms with van der Waals surface area (Å²) < 4.78 is 0. The lowest BCUT2D eigenvalue weighted by Gasteiger charge is -2.34. The first-order chi connectivity index (χ1) is 18.5. The quantitative estimate of drug-likeness (QED) is 0.299. The van der Waals surface area contributed by atoms with Gasteiger partial charge in [0.1, 0.15) is 0 Å². The molecule has 5 rings (SSSR count). The van der Waals surface area contributed by atoms with Gasteiger partial charge in [-0.05, 0) is 46.4 Å². The van der Waals surface area contributed by atoms with Gasteiger partial charge < -0.3 is 31.9 Å². The summed E-state index contributed by atoms with van der Waals surface area (Å²) in [6.07, 6.45) is 0.842. The van der Waals surface area contributed by atoms with Crippen molar-refractivity contribution in [2.24, 2.45) is 16.5 Å². The lowest BCUT2D eigenvalue weighted by atomic mass is 9.94. The summed E-state index contributed by atoms with van der Waals surface area (Å²) in [6.45, 7) is 2.98.